The summed E-state index contributed by atoms with van der Waals surface area (Å²) in [5.74, 6) is -1.47. The normalized spacial score (nSPS) is 12.1. The van der Waals surface area contributed by atoms with Crippen molar-refractivity contribution in [2.75, 3.05) is 5.32 Å². The van der Waals surface area contributed by atoms with Gasteiger partial charge in [-0.25, -0.2) is 8.78 Å². The highest BCUT2D eigenvalue weighted by atomic mass is 32.2. The average Bonchev–Trinajstić information content (AvgIpc) is 3.21. The first-order valence-electron chi connectivity index (χ1n) is 6.83. The van der Waals surface area contributed by atoms with Gasteiger partial charge in [0.15, 0.2) is 0 Å². The van der Waals surface area contributed by atoms with Crippen LogP contribution in [0, 0.1) is 11.6 Å². The zero-order chi connectivity index (χ0) is 17.1. The van der Waals surface area contributed by atoms with Gasteiger partial charge in [-0.2, -0.15) is 0 Å². The second kappa shape index (κ2) is 7.10. The van der Waals surface area contributed by atoms with Gasteiger partial charge in [0.1, 0.15) is 11.6 Å². The van der Waals surface area contributed by atoms with Gasteiger partial charge in [0.25, 0.3) is 11.1 Å². The molecule has 0 aliphatic heterocycles. The molecule has 0 radical (unpaired) electrons. The van der Waals surface area contributed by atoms with Crippen LogP contribution >= 0.6 is 23.1 Å². The molecule has 9 heteroatoms. The van der Waals surface area contributed by atoms with E-state index in [9.17, 15) is 13.6 Å². The maximum atomic E-state index is 13.6. The topological polar surface area (TPSA) is 68.0 Å². The van der Waals surface area contributed by atoms with E-state index >= 15 is 0 Å². The second-order valence-electron chi connectivity index (χ2n) is 4.72. The number of hydrogen-bond acceptors (Lipinski definition) is 6. The molecule has 3 aromatic rings. The summed E-state index contributed by atoms with van der Waals surface area (Å²) < 4.78 is 32.2. The molecular weight excluding hydrogens is 356 g/mol. The minimum absolute atomic E-state index is 0.211. The van der Waals surface area contributed by atoms with Crippen molar-refractivity contribution in [3.8, 4) is 10.8 Å². The molecule has 124 valence electrons. The van der Waals surface area contributed by atoms with E-state index in [0.29, 0.717) is 5.89 Å². The summed E-state index contributed by atoms with van der Waals surface area (Å²) in [7, 11) is 0. The first-order chi connectivity index (χ1) is 11.5. The quantitative estimate of drug-likeness (QED) is 0.685. The van der Waals surface area contributed by atoms with Gasteiger partial charge in [-0.05, 0) is 30.5 Å². The number of thioether (sulfide) groups is 1. The van der Waals surface area contributed by atoms with Crippen molar-refractivity contribution in [1.29, 1.82) is 0 Å². The fraction of sp³-hybridized carbons (Fsp3) is 0.133. The Morgan fingerprint density at radius 2 is 2.17 bits per heavy atom. The van der Waals surface area contributed by atoms with Gasteiger partial charge in [-0.15, -0.1) is 21.5 Å². The lowest BCUT2D eigenvalue weighted by molar-refractivity contribution is -0.115. The van der Waals surface area contributed by atoms with Crippen molar-refractivity contribution in [1.82, 2.24) is 10.2 Å². The molecule has 2 aromatic heterocycles. The van der Waals surface area contributed by atoms with Crippen LogP contribution in [-0.4, -0.2) is 21.4 Å². The van der Waals surface area contributed by atoms with Crippen LogP contribution in [0.2, 0.25) is 0 Å². The number of carbonyl (C=O) groups excluding carboxylic acids is 1. The van der Waals surface area contributed by atoms with Crippen LogP contribution in [0.15, 0.2) is 45.4 Å². The zero-order valence-corrected chi connectivity index (χ0v) is 14.0. The predicted molar refractivity (Wildman–Crippen MR) is 87.9 cm³/mol. The van der Waals surface area contributed by atoms with Crippen molar-refractivity contribution in [3.05, 3.63) is 47.3 Å². The molecule has 0 aliphatic rings. The zero-order valence-electron chi connectivity index (χ0n) is 12.3. The minimum Gasteiger partial charge on any atom is -0.410 e. The van der Waals surface area contributed by atoms with Gasteiger partial charge in [-0.1, -0.05) is 17.8 Å². The summed E-state index contributed by atoms with van der Waals surface area (Å²) in [6.07, 6.45) is 0. The van der Waals surface area contributed by atoms with Crippen molar-refractivity contribution < 1.29 is 18.0 Å². The molecule has 0 unspecified atom stereocenters. The Morgan fingerprint density at radius 3 is 2.92 bits per heavy atom. The number of nitrogens with one attached hydrogen (secondary N) is 1. The van der Waals surface area contributed by atoms with Crippen LogP contribution in [0.4, 0.5) is 14.5 Å². The molecule has 0 saturated carbocycles. The number of amides is 1. The number of hydrogen-bond donors (Lipinski definition) is 1. The van der Waals surface area contributed by atoms with E-state index in [1.54, 1.807) is 6.92 Å². The first-order valence-corrected chi connectivity index (χ1v) is 8.59. The summed E-state index contributed by atoms with van der Waals surface area (Å²) in [4.78, 5) is 12.9. The van der Waals surface area contributed by atoms with E-state index in [-0.39, 0.29) is 10.9 Å². The Labute approximate surface area is 144 Å². The standard InChI is InChI=1S/C15H11F2N3O2S2/c1-8(13(21)18-11-7-9(16)4-5-10(11)17)24-15-20-19-14(22-15)12-3-2-6-23-12/h2-8H,1H3,(H,18,21)/t8-/m1/s1. The molecule has 0 aliphatic carbocycles. The number of nitrogens with zero attached hydrogens (tertiary/aromatic N) is 2. The van der Waals surface area contributed by atoms with Gasteiger partial charge in [-0.3, -0.25) is 4.79 Å². The molecular formula is C15H11F2N3O2S2. The Kier molecular flexibility index (Phi) is 4.91. The molecule has 0 fully saturated rings. The van der Waals surface area contributed by atoms with Crippen LogP contribution in [0.3, 0.4) is 0 Å². The summed E-state index contributed by atoms with van der Waals surface area (Å²) in [6.45, 7) is 1.60. The van der Waals surface area contributed by atoms with Gasteiger partial charge < -0.3 is 9.73 Å². The molecule has 0 spiro atoms. The number of thiophene rings is 1. The minimum atomic E-state index is -0.709. The Balaban J connectivity index is 1.65. The molecule has 5 nitrogen and oxygen atoms in total. The second-order valence-corrected chi connectivity index (χ2v) is 6.96. The van der Waals surface area contributed by atoms with Gasteiger partial charge in [0.05, 0.1) is 15.8 Å². The van der Waals surface area contributed by atoms with E-state index in [4.69, 9.17) is 4.42 Å². The third kappa shape index (κ3) is 3.80. The lowest BCUT2D eigenvalue weighted by atomic mass is 10.3. The molecule has 3 rings (SSSR count). The van der Waals surface area contributed by atoms with Crippen LogP contribution in [-0.2, 0) is 4.79 Å². The van der Waals surface area contributed by atoms with Gasteiger partial charge in [0, 0.05) is 6.07 Å². The number of aromatic nitrogens is 2. The van der Waals surface area contributed by atoms with Crippen molar-refractivity contribution >= 4 is 34.7 Å². The maximum Gasteiger partial charge on any atom is 0.277 e. The fourth-order valence-corrected chi connectivity index (χ4v) is 3.12. The summed E-state index contributed by atoms with van der Waals surface area (Å²) >= 11 is 2.49. The molecule has 1 amide bonds. The highest BCUT2D eigenvalue weighted by Gasteiger charge is 2.20. The Morgan fingerprint density at radius 1 is 1.33 bits per heavy atom. The highest BCUT2D eigenvalue weighted by Crippen LogP contribution is 2.29. The SMILES string of the molecule is C[C@@H](Sc1nnc(-c2cccs2)o1)C(=O)Nc1cc(F)ccc1F. The molecule has 2 heterocycles. The maximum absolute atomic E-state index is 13.6. The number of anilines is 1. The Hall–Kier alpha value is -2.26. The number of halogens is 2. The molecule has 24 heavy (non-hydrogen) atoms. The molecule has 0 bridgehead atoms. The lowest BCUT2D eigenvalue weighted by Gasteiger charge is -2.10. The van der Waals surface area contributed by atoms with Crippen molar-refractivity contribution in [2.45, 2.75) is 17.4 Å². The molecule has 0 saturated heterocycles. The Bertz CT molecular complexity index is 852. The number of benzene rings is 1. The number of rotatable bonds is 5. The van der Waals surface area contributed by atoms with Crippen LogP contribution in [0.1, 0.15) is 6.92 Å². The van der Waals surface area contributed by atoms with Gasteiger partial charge >= 0.3 is 0 Å². The fourth-order valence-electron chi connectivity index (χ4n) is 1.79. The van der Waals surface area contributed by atoms with E-state index in [0.717, 1.165) is 34.8 Å². The van der Waals surface area contributed by atoms with Gasteiger partial charge in [0.2, 0.25) is 5.91 Å². The molecule has 1 aromatic carbocycles. The van der Waals surface area contributed by atoms with E-state index in [1.165, 1.54) is 11.3 Å². The van der Waals surface area contributed by atoms with Crippen molar-refractivity contribution in [2.24, 2.45) is 0 Å². The predicted octanol–water partition coefficient (Wildman–Crippen LogP) is 4.20. The third-order valence-electron chi connectivity index (χ3n) is 2.97. The average molecular weight is 367 g/mol. The number of carbonyl (C=O) groups is 1. The summed E-state index contributed by atoms with van der Waals surface area (Å²) in [5.41, 5.74) is -0.211. The molecule has 1 N–H and O–H groups in total. The monoisotopic (exact) mass is 367 g/mol. The third-order valence-corrected chi connectivity index (χ3v) is 4.76. The van der Waals surface area contributed by atoms with E-state index in [1.807, 2.05) is 17.5 Å². The van der Waals surface area contributed by atoms with Crippen LogP contribution in [0.25, 0.3) is 10.8 Å². The first kappa shape index (κ1) is 16.6. The van der Waals surface area contributed by atoms with E-state index < -0.39 is 22.8 Å². The lowest BCUT2D eigenvalue weighted by Crippen LogP contribution is -2.23. The van der Waals surface area contributed by atoms with Crippen molar-refractivity contribution in [3.63, 3.8) is 0 Å². The van der Waals surface area contributed by atoms with E-state index in [2.05, 4.69) is 15.5 Å². The van der Waals surface area contributed by atoms with Crippen LogP contribution < -0.4 is 5.32 Å². The summed E-state index contributed by atoms with van der Waals surface area (Å²) in [5, 5.41) is 11.6. The highest BCUT2D eigenvalue weighted by molar-refractivity contribution is 8.00. The van der Waals surface area contributed by atoms with Crippen LogP contribution in [0.5, 0.6) is 0 Å². The molecule has 1 atom stereocenters. The largest absolute Gasteiger partial charge is 0.410 e. The summed E-state index contributed by atoms with van der Waals surface area (Å²) in [6, 6.07) is 6.56. The smallest absolute Gasteiger partial charge is 0.277 e.